The number of benzene rings is 1. The van der Waals surface area contributed by atoms with E-state index in [1.54, 1.807) is 13.8 Å². The first kappa shape index (κ1) is 20.3. The summed E-state index contributed by atoms with van der Waals surface area (Å²) in [6.45, 7) is 4.87. The van der Waals surface area contributed by atoms with E-state index in [2.05, 4.69) is 16.0 Å². The molecule has 1 saturated heterocycles. The summed E-state index contributed by atoms with van der Waals surface area (Å²) in [6, 6.07) is 3.75. The van der Waals surface area contributed by atoms with Crippen molar-refractivity contribution in [3.63, 3.8) is 0 Å². The van der Waals surface area contributed by atoms with Gasteiger partial charge in [-0.2, -0.15) is 0 Å². The fourth-order valence-corrected chi connectivity index (χ4v) is 2.97. The molecule has 3 N–H and O–H groups in total. The third-order valence-electron chi connectivity index (χ3n) is 4.47. The van der Waals surface area contributed by atoms with Crippen molar-refractivity contribution in [3.05, 3.63) is 35.6 Å². The number of nitrogens with one attached hydrogen (secondary N) is 3. The molecule has 0 bridgehead atoms. The summed E-state index contributed by atoms with van der Waals surface area (Å²) >= 11 is 0. The zero-order valence-electron chi connectivity index (χ0n) is 15.5. The third kappa shape index (κ3) is 4.07. The lowest BCUT2D eigenvalue weighted by Crippen LogP contribution is -2.49. The summed E-state index contributed by atoms with van der Waals surface area (Å²) in [5.74, 6) is -2.06. The summed E-state index contributed by atoms with van der Waals surface area (Å²) in [6.07, 6.45) is 0.233. The predicted octanol–water partition coefficient (Wildman–Crippen LogP) is 0.624. The van der Waals surface area contributed by atoms with Crippen molar-refractivity contribution in [2.45, 2.75) is 38.8 Å². The molecule has 1 heterocycles. The minimum absolute atomic E-state index is 0.233. The summed E-state index contributed by atoms with van der Waals surface area (Å²) < 4.78 is 13.2. The van der Waals surface area contributed by atoms with Gasteiger partial charge in [0.15, 0.2) is 0 Å². The zero-order valence-corrected chi connectivity index (χ0v) is 15.5. The van der Waals surface area contributed by atoms with Crippen LogP contribution in [0.25, 0.3) is 0 Å². The molecule has 1 aliphatic heterocycles. The van der Waals surface area contributed by atoms with E-state index in [1.807, 2.05) is 0 Å². The minimum atomic E-state index is -1.35. The Labute approximate surface area is 156 Å². The molecular formula is C18H23FN4O4. The normalized spacial score (nSPS) is 20.2. The second-order valence-electron chi connectivity index (χ2n) is 6.27. The molecule has 1 aromatic carbocycles. The SMILES string of the molecule is CCNC(=O)[C@H](C)NC(=O)CN1C(=O)N[C@@](CC)(c2ccc(F)cc2)C1=O. The van der Waals surface area contributed by atoms with Crippen molar-refractivity contribution < 1.29 is 23.6 Å². The van der Waals surface area contributed by atoms with Crippen LogP contribution in [-0.2, 0) is 19.9 Å². The molecule has 0 unspecified atom stereocenters. The maximum Gasteiger partial charge on any atom is 0.325 e. The van der Waals surface area contributed by atoms with Crippen LogP contribution >= 0.6 is 0 Å². The Morgan fingerprint density at radius 2 is 1.85 bits per heavy atom. The van der Waals surface area contributed by atoms with Crippen molar-refractivity contribution in [3.8, 4) is 0 Å². The lowest BCUT2D eigenvalue weighted by atomic mass is 9.87. The molecule has 1 fully saturated rings. The molecule has 0 aromatic heterocycles. The van der Waals surface area contributed by atoms with Crippen molar-refractivity contribution >= 4 is 23.8 Å². The quantitative estimate of drug-likeness (QED) is 0.605. The van der Waals surface area contributed by atoms with Gasteiger partial charge in [-0.05, 0) is 38.0 Å². The molecule has 5 amide bonds. The van der Waals surface area contributed by atoms with Crippen LogP contribution in [0.3, 0.4) is 0 Å². The molecule has 27 heavy (non-hydrogen) atoms. The number of rotatable bonds is 7. The van der Waals surface area contributed by atoms with E-state index in [1.165, 1.54) is 31.2 Å². The molecule has 9 heteroatoms. The van der Waals surface area contributed by atoms with Crippen LogP contribution in [0.4, 0.5) is 9.18 Å². The standard InChI is InChI=1S/C18H23FN4O4/c1-4-18(12-6-8-13(19)9-7-12)16(26)23(17(27)22-18)10-14(24)21-11(3)15(25)20-5-2/h6-9,11H,4-5,10H2,1-3H3,(H,20,25)(H,21,24)(H,22,27)/t11-,18-/m0/s1. The maximum atomic E-state index is 13.2. The van der Waals surface area contributed by atoms with Gasteiger partial charge in [-0.3, -0.25) is 19.3 Å². The van der Waals surface area contributed by atoms with Gasteiger partial charge in [-0.1, -0.05) is 19.1 Å². The average molecular weight is 378 g/mol. The Kier molecular flexibility index (Phi) is 6.14. The topological polar surface area (TPSA) is 108 Å². The van der Waals surface area contributed by atoms with Crippen molar-refractivity contribution in [1.82, 2.24) is 20.9 Å². The fourth-order valence-electron chi connectivity index (χ4n) is 2.97. The molecule has 0 radical (unpaired) electrons. The van der Waals surface area contributed by atoms with Crippen molar-refractivity contribution in [2.75, 3.05) is 13.1 Å². The number of hydrogen-bond donors (Lipinski definition) is 3. The Bertz CT molecular complexity index is 752. The molecule has 0 spiro atoms. The molecule has 0 aliphatic carbocycles. The van der Waals surface area contributed by atoms with E-state index in [-0.39, 0.29) is 12.3 Å². The second-order valence-corrected chi connectivity index (χ2v) is 6.27. The van der Waals surface area contributed by atoms with Crippen molar-refractivity contribution in [2.24, 2.45) is 0 Å². The number of nitrogens with zero attached hydrogens (tertiary/aromatic N) is 1. The largest absolute Gasteiger partial charge is 0.355 e. The van der Waals surface area contributed by atoms with E-state index >= 15 is 0 Å². The number of likely N-dealkylation sites (N-methyl/N-ethyl adjacent to an activating group) is 1. The number of urea groups is 1. The Morgan fingerprint density at radius 1 is 1.22 bits per heavy atom. The van der Waals surface area contributed by atoms with Crippen LogP contribution in [0, 0.1) is 5.82 Å². The number of halogens is 1. The van der Waals surface area contributed by atoms with E-state index in [9.17, 15) is 23.6 Å². The summed E-state index contributed by atoms with van der Waals surface area (Å²) in [4.78, 5) is 49.9. The van der Waals surface area contributed by atoms with Crippen molar-refractivity contribution in [1.29, 1.82) is 0 Å². The zero-order chi connectivity index (χ0) is 20.2. The van der Waals surface area contributed by atoms with Crippen LogP contribution in [0.1, 0.15) is 32.8 Å². The molecule has 2 atom stereocenters. The average Bonchev–Trinajstić information content (AvgIpc) is 2.87. The smallest absolute Gasteiger partial charge is 0.325 e. The van der Waals surface area contributed by atoms with Gasteiger partial charge in [0.05, 0.1) is 0 Å². The lowest BCUT2D eigenvalue weighted by Gasteiger charge is -2.25. The first-order valence-corrected chi connectivity index (χ1v) is 8.72. The Morgan fingerprint density at radius 3 is 2.41 bits per heavy atom. The van der Waals surface area contributed by atoms with Gasteiger partial charge >= 0.3 is 6.03 Å². The van der Waals surface area contributed by atoms with Gasteiger partial charge in [0, 0.05) is 6.54 Å². The molecule has 8 nitrogen and oxygen atoms in total. The van der Waals surface area contributed by atoms with Crippen LogP contribution in [0.5, 0.6) is 0 Å². The summed E-state index contributed by atoms with van der Waals surface area (Å²) in [5.41, 5.74) is -0.917. The monoisotopic (exact) mass is 378 g/mol. The number of carbonyl (C=O) groups excluding carboxylic acids is 4. The van der Waals surface area contributed by atoms with Crippen LogP contribution < -0.4 is 16.0 Å². The van der Waals surface area contributed by atoms with Gasteiger partial charge < -0.3 is 16.0 Å². The van der Waals surface area contributed by atoms with Crippen LogP contribution in [0.2, 0.25) is 0 Å². The highest BCUT2D eigenvalue weighted by Gasteiger charge is 2.51. The number of imide groups is 1. The summed E-state index contributed by atoms with van der Waals surface area (Å²) in [7, 11) is 0. The highest BCUT2D eigenvalue weighted by atomic mass is 19.1. The molecule has 1 aliphatic rings. The minimum Gasteiger partial charge on any atom is -0.355 e. The Hall–Kier alpha value is -2.97. The van der Waals surface area contributed by atoms with E-state index in [0.29, 0.717) is 12.1 Å². The van der Waals surface area contributed by atoms with E-state index in [4.69, 9.17) is 0 Å². The van der Waals surface area contributed by atoms with Gasteiger partial charge in [0.2, 0.25) is 11.8 Å². The third-order valence-corrected chi connectivity index (χ3v) is 4.47. The maximum absolute atomic E-state index is 13.2. The fraction of sp³-hybridized carbons (Fsp3) is 0.444. The Balaban J connectivity index is 2.14. The first-order chi connectivity index (χ1) is 12.7. The number of hydrogen-bond acceptors (Lipinski definition) is 4. The van der Waals surface area contributed by atoms with Gasteiger partial charge in [-0.15, -0.1) is 0 Å². The number of amides is 5. The summed E-state index contributed by atoms with van der Waals surface area (Å²) in [5, 5.41) is 7.63. The van der Waals surface area contributed by atoms with Crippen LogP contribution in [-0.4, -0.2) is 47.8 Å². The highest BCUT2D eigenvalue weighted by Crippen LogP contribution is 2.32. The molecule has 2 rings (SSSR count). The second kappa shape index (κ2) is 8.15. The van der Waals surface area contributed by atoms with E-state index < -0.39 is 41.8 Å². The number of carbonyl (C=O) groups is 4. The predicted molar refractivity (Wildman–Crippen MR) is 94.9 cm³/mol. The lowest BCUT2D eigenvalue weighted by molar-refractivity contribution is -0.136. The highest BCUT2D eigenvalue weighted by molar-refractivity contribution is 6.09. The molecule has 0 saturated carbocycles. The first-order valence-electron chi connectivity index (χ1n) is 8.72. The van der Waals surface area contributed by atoms with Crippen LogP contribution in [0.15, 0.2) is 24.3 Å². The molecule has 1 aromatic rings. The van der Waals surface area contributed by atoms with Gasteiger partial charge in [-0.25, -0.2) is 9.18 Å². The van der Waals surface area contributed by atoms with Gasteiger partial charge in [0.1, 0.15) is 23.9 Å². The van der Waals surface area contributed by atoms with E-state index in [0.717, 1.165) is 4.90 Å². The van der Waals surface area contributed by atoms with Gasteiger partial charge in [0.25, 0.3) is 5.91 Å². The molecular weight excluding hydrogens is 355 g/mol. The molecule has 146 valence electrons.